The molecular weight excluding hydrogens is 355 g/mol. The van der Waals surface area contributed by atoms with Gasteiger partial charge in [-0.25, -0.2) is 12.8 Å². The highest BCUT2D eigenvalue weighted by atomic mass is 32.2. The van der Waals surface area contributed by atoms with Crippen molar-refractivity contribution in [1.82, 2.24) is 9.62 Å². The van der Waals surface area contributed by atoms with Crippen molar-refractivity contribution >= 4 is 15.9 Å². The summed E-state index contributed by atoms with van der Waals surface area (Å²) >= 11 is 0. The van der Waals surface area contributed by atoms with Gasteiger partial charge in [-0.1, -0.05) is 29.8 Å². The molecule has 1 aliphatic heterocycles. The van der Waals surface area contributed by atoms with E-state index in [-0.39, 0.29) is 17.3 Å². The minimum Gasteiger partial charge on any atom is -0.351 e. The van der Waals surface area contributed by atoms with Gasteiger partial charge in [-0.3, -0.25) is 4.79 Å². The molecule has 1 aliphatic rings. The van der Waals surface area contributed by atoms with Gasteiger partial charge in [-0.05, 0) is 49.6 Å². The molecule has 0 spiro atoms. The van der Waals surface area contributed by atoms with Gasteiger partial charge >= 0.3 is 0 Å². The molecule has 1 amide bonds. The van der Waals surface area contributed by atoms with E-state index in [4.69, 9.17) is 0 Å². The summed E-state index contributed by atoms with van der Waals surface area (Å²) in [4.78, 5) is 12.6. The molecule has 0 aromatic heterocycles. The van der Waals surface area contributed by atoms with Crippen LogP contribution in [0.25, 0.3) is 0 Å². The molecule has 2 aromatic carbocycles. The van der Waals surface area contributed by atoms with Crippen molar-refractivity contribution in [2.24, 2.45) is 0 Å². The molecule has 0 unspecified atom stereocenters. The molecule has 1 heterocycles. The van der Waals surface area contributed by atoms with E-state index in [1.54, 1.807) is 0 Å². The first kappa shape index (κ1) is 18.5. The second kappa shape index (κ2) is 7.55. The number of amides is 1. The van der Waals surface area contributed by atoms with E-state index in [0.29, 0.717) is 19.4 Å². The first-order valence-electron chi connectivity index (χ1n) is 8.48. The van der Waals surface area contributed by atoms with Crippen LogP contribution in [0.5, 0.6) is 0 Å². The lowest BCUT2D eigenvalue weighted by Gasteiger charge is -2.23. The zero-order chi connectivity index (χ0) is 18.7. The van der Waals surface area contributed by atoms with E-state index in [9.17, 15) is 17.6 Å². The summed E-state index contributed by atoms with van der Waals surface area (Å²) in [7, 11) is -3.83. The molecule has 2 aromatic rings. The Morgan fingerprint density at radius 3 is 2.65 bits per heavy atom. The second-order valence-corrected chi connectivity index (χ2v) is 8.33. The fraction of sp³-hybridized carbons (Fsp3) is 0.316. The Hall–Kier alpha value is -2.25. The lowest BCUT2D eigenvalue weighted by atomic mass is 10.1. The standard InChI is InChI=1S/C19H21FN2O3S/c1-14-4-2-5-15(12-14)13-21-19(23)18-6-3-11-22(18)26(24,25)17-9-7-16(20)8-10-17/h2,4-5,7-10,12,18H,3,6,11,13H2,1H3,(H,21,23)/t18-/m0/s1. The summed E-state index contributed by atoms with van der Waals surface area (Å²) in [5.41, 5.74) is 2.06. The fourth-order valence-electron chi connectivity index (χ4n) is 3.16. The monoisotopic (exact) mass is 376 g/mol. The molecule has 1 fully saturated rings. The molecule has 1 saturated heterocycles. The number of carbonyl (C=O) groups is 1. The normalized spacial score (nSPS) is 18.0. The third-order valence-electron chi connectivity index (χ3n) is 4.48. The summed E-state index contributed by atoms with van der Waals surface area (Å²) in [5, 5.41) is 2.83. The Morgan fingerprint density at radius 1 is 1.23 bits per heavy atom. The number of hydrogen-bond acceptors (Lipinski definition) is 3. The first-order valence-corrected chi connectivity index (χ1v) is 9.92. The lowest BCUT2D eigenvalue weighted by Crippen LogP contribution is -2.45. The molecular formula is C19H21FN2O3S. The maximum atomic E-state index is 13.1. The number of aryl methyl sites for hydroxylation is 1. The Balaban J connectivity index is 1.72. The predicted molar refractivity (Wildman–Crippen MR) is 96.3 cm³/mol. The van der Waals surface area contributed by atoms with Crippen LogP contribution in [0.3, 0.4) is 0 Å². The van der Waals surface area contributed by atoms with Crippen LogP contribution in [0.4, 0.5) is 4.39 Å². The molecule has 0 saturated carbocycles. The quantitative estimate of drug-likeness (QED) is 0.872. The molecule has 138 valence electrons. The van der Waals surface area contributed by atoms with Gasteiger partial charge in [0.05, 0.1) is 4.90 Å². The van der Waals surface area contributed by atoms with Gasteiger partial charge in [0.2, 0.25) is 15.9 Å². The maximum Gasteiger partial charge on any atom is 0.243 e. The third kappa shape index (κ3) is 3.94. The van der Waals surface area contributed by atoms with Gasteiger partial charge in [0.25, 0.3) is 0 Å². The van der Waals surface area contributed by atoms with Crippen LogP contribution < -0.4 is 5.32 Å². The van der Waals surface area contributed by atoms with E-state index in [0.717, 1.165) is 23.3 Å². The van der Waals surface area contributed by atoms with Gasteiger partial charge in [-0.2, -0.15) is 4.31 Å². The van der Waals surface area contributed by atoms with Gasteiger partial charge in [0, 0.05) is 13.1 Å². The molecule has 26 heavy (non-hydrogen) atoms. The van der Waals surface area contributed by atoms with E-state index in [1.165, 1.54) is 16.4 Å². The summed E-state index contributed by atoms with van der Waals surface area (Å²) in [5.74, 6) is -0.812. The Morgan fingerprint density at radius 2 is 1.96 bits per heavy atom. The molecule has 0 bridgehead atoms. The van der Waals surface area contributed by atoms with E-state index in [1.807, 2.05) is 31.2 Å². The zero-order valence-electron chi connectivity index (χ0n) is 14.5. The van der Waals surface area contributed by atoms with E-state index in [2.05, 4.69) is 5.32 Å². The van der Waals surface area contributed by atoms with Crippen molar-refractivity contribution in [1.29, 1.82) is 0 Å². The van der Waals surface area contributed by atoms with Crippen molar-refractivity contribution in [2.45, 2.75) is 37.2 Å². The number of rotatable bonds is 5. The minimum atomic E-state index is -3.83. The summed E-state index contributed by atoms with van der Waals surface area (Å²) in [6.07, 6.45) is 1.09. The topological polar surface area (TPSA) is 66.5 Å². The highest BCUT2D eigenvalue weighted by molar-refractivity contribution is 7.89. The van der Waals surface area contributed by atoms with E-state index >= 15 is 0 Å². The largest absolute Gasteiger partial charge is 0.351 e. The smallest absolute Gasteiger partial charge is 0.243 e. The van der Waals surface area contributed by atoms with Crippen LogP contribution in [0.15, 0.2) is 53.4 Å². The number of halogens is 1. The summed E-state index contributed by atoms with van der Waals surface area (Å²) < 4.78 is 39.9. The van der Waals surface area contributed by atoms with Crippen molar-refractivity contribution in [3.63, 3.8) is 0 Å². The summed E-state index contributed by atoms with van der Waals surface area (Å²) in [6.45, 7) is 2.60. The average Bonchev–Trinajstić information content (AvgIpc) is 3.11. The fourth-order valence-corrected chi connectivity index (χ4v) is 4.82. The first-order chi connectivity index (χ1) is 12.4. The number of carbonyl (C=O) groups excluding carboxylic acids is 1. The minimum absolute atomic E-state index is 0.00251. The molecule has 7 heteroatoms. The van der Waals surface area contributed by atoms with Gasteiger partial charge < -0.3 is 5.32 Å². The van der Waals surface area contributed by atoms with Crippen LogP contribution >= 0.6 is 0 Å². The Labute approximate surface area is 152 Å². The Bertz CT molecular complexity index is 897. The van der Waals surface area contributed by atoms with Crippen molar-refractivity contribution in [3.8, 4) is 0 Å². The Kier molecular flexibility index (Phi) is 5.38. The molecule has 0 aliphatic carbocycles. The van der Waals surface area contributed by atoms with Crippen molar-refractivity contribution in [3.05, 3.63) is 65.5 Å². The predicted octanol–water partition coefficient (Wildman–Crippen LogP) is 2.60. The van der Waals surface area contributed by atoms with Gasteiger partial charge in [0.15, 0.2) is 0 Å². The van der Waals surface area contributed by atoms with Crippen LogP contribution in [-0.2, 0) is 21.4 Å². The maximum absolute atomic E-state index is 13.1. The number of benzene rings is 2. The third-order valence-corrected chi connectivity index (χ3v) is 6.40. The molecule has 5 nitrogen and oxygen atoms in total. The van der Waals surface area contributed by atoms with Crippen LogP contribution in [0, 0.1) is 12.7 Å². The average molecular weight is 376 g/mol. The molecule has 1 N–H and O–H groups in total. The van der Waals surface area contributed by atoms with Gasteiger partial charge in [-0.15, -0.1) is 0 Å². The number of hydrogen-bond donors (Lipinski definition) is 1. The molecule has 0 radical (unpaired) electrons. The lowest BCUT2D eigenvalue weighted by molar-refractivity contribution is -0.124. The van der Waals surface area contributed by atoms with Gasteiger partial charge in [0.1, 0.15) is 11.9 Å². The SMILES string of the molecule is Cc1cccc(CNC(=O)[C@@H]2CCCN2S(=O)(=O)c2ccc(F)cc2)c1. The number of nitrogens with zero attached hydrogens (tertiary/aromatic N) is 1. The van der Waals surface area contributed by atoms with Crippen molar-refractivity contribution in [2.75, 3.05) is 6.54 Å². The van der Waals surface area contributed by atoms with Crippen LogP contribution in [0.2, 0.25) is 0 Å². The zero-order valence-corrected chi connectivity index (χ0v) is 15.3. The number of nitrogens with one attached hydrogen (secondary N) is 1. The molecule has 3 rings (SSSR count). The van der Waals surface area contributed by atoms with Crippen LogP contribution in [0.1, 0.15) is 24.0 Å². The molecule has 1 atom stereocenters. The number of sulfonamides is 1. The van der Waals surface area contributed by atoms with E-state index < -0.39 is 21.9 Å². The summed E-state index contributed by atoms with van der Waals surface area (Å²) in [6, 6.07) is 11.7. The van der Waals surface area contributed by atoms with Crippen molar-refractivity contribution < 1.29 is 17.6 Å². The highest BCUT2D eigenvalue weighted by Gasteiger charge is 2.39. The highest BCUT2D eigenvalue weighted by Crippen LogP contribution is 2.26. The second-order valence-electron chi connectivity index (χ2n) is 6.43. The van der Waals surface area contributed by atoms with Crippen LogP contribution in [-0.4, -0.2) is 31.2 Å².